The van der Waals surface area contributed by atoms with Gasteiger partial charge in [0, 0.05) is 0 Å². The molecule has 5 aromatic rings. The first-order valence-corrected chi connectivity index (χ1v) is 17.6. The van der Waals surface area contributed by atoms with Gasteiger partial charge in [0.05, 0.1) is 0 Å². The van der Waals surface area contributed by atoms with E-state index in [0.29, 0.717) is 11.1 Å². The summed E-state index contributed by atoms with van der Waals surface area (Å²) < 4.78 is 25.5. The summed E-state index contributed by atoms with van der Waals surface area (Å²) in [6, 6.07) is 25.5. The molecule has 3 heteroatoms. The normalized spacial score (nSPS) is 13.4. The van der Waals surface area contributed by atoms with Crippen LogP contribution in [0, 0.1) is 0 Å². The Bertz CT molecular complexity index is 1440. The van der Waals surface area contributed by atoms with Gasteiger partial charge in [0.2, 0.25) is 0 Å². The molecule has 0 amide bonds. The second-order valence-electron chi connectivity index (χ2n) is 8.64. The summed E-state index contributed by atoms with van der Waals surface area (Å²) in [5.41, 5.74) is 4.63. The zero-order chi connectivity index (χ0) is 22.5. The van der Waals surface area contributed by atoms with Gasteiger partial charge in [-0.1, -0.05) is 0 Å². The number of fused-ring (bicyclic) bond motifs is 3. The standard InChI is InChI=1S/C27H25GeNO/c1-28(2,3)24-18-29-25(17-20(24)16-19-10-5-4-6-11-19)23-14-9-13-22-21-12-7-8-15-26(21)30-27(22)23/h4-15,17-18H,16H2,1-3H3/i16D2. The first-order chi connectivity index (χ1) is 15.3. The summed E-state index contributed by atoms with van der Waals surface area (Å²) in [6.45, 7) is 0. The molecule has 2 heterocycles. The molecular weight excluding hydrogens is 427 g/mol. The van der Waals surface area contributed by atoms with Crippen molar-refractivity contribution < 1.29 is 7.16 Å². The van der Waals surface area contributed by atoms with E-state index < -0.39 is 19.6 Å². The van der Waals surface area contributed by atoms with Gasteiger partial charge in [-0.15, -0.1) is 0 Å². The average Bonchev–Trinajstić information content (AvgIpc) is 3.17. The molecule has 0 aliphatic heterocycles. The molecule has 0 spiro atoms. The molecule has 30 heavy (non-hydrogen) atoms. The van der Waals surface area contributed by atoms with Gasteiger partial charge in [0.15, 0.2) is 0 Å². The molecule has 0 aliphatic rings. The van der Waals surface area contributed by atoms with Crippen molar-refractivity contribution in [3.05, 3.63) is 96.2 Å². The monoisotopic (exact) mass is 455 g/mol. The fraction of sp³-hybridized carbons (Fsp3) is 0.148. The van der Waals surface area contributed by atoms with E-state index in [4.69, 9.17) is 12.1 Å². The Labute approximate surface area is 182 Å². The van der Waals surface area contributed by atoms with Crippen LogP contribution in [0.1, 0.15) is 13.9 Å². The molecule has 0 atom stereocenters. The van der Waals surface area contributed by atoms with Crippen molar-refractivity contribution in [2.45, 2.75) is 23.6 Å². The maximum atomic E-state index is 9.08. The molecule has 0 N–H and O–H groups in total. The minimum atomic E-state index is -2.41. The first-order valence-electron chi connectivity index (χ1n) is 11.2. The molecule has 0 radical (unpaired) electrons. The summed E-state index contributed by atoms with van der Waals surface area (Å²) in [7, 11) is 0. The SMILES string of the molecule is [2H]C([2H])(c1ccccc1)c1cc(-c2cccc3c2oc2ccccc23)nc[c]1[Ge]([CH3])([CH3])[CH3]. The van der Waals surface area contributed by atoms with Gasteiger partial charge in [-0.3, -0.25) is 0 Å². The van der Waals surface area contributed by atoms with E-state index in [1.54, 1.807) is 0 Å². The Hall–Kier alpha value is -2.85. The third-order valence-electron chi connectivity index (χ3n) is 5.45. The van der Waals surface area contributed by atoms with E-state index in [2.05, 4.69) is 29.4 Å². The van der Waals surface area contributed by atoms with Gasteiger partial charge >= 0.3 is 183 Å². The van der Waals surface area contributed by atoms with E-state index in [1.807, 2.05) is 72.9 Å². The van der Waals surface area contributed by atoms with Crippen molar-refractivity contribution in [3.63, 3.8) is 0 Å². The minimum absolute atomic E-state index is 0.659. The Morgan fingerprint density at radius 2 is 1.60 bits per heavy atom. The molecule has 2 nitrogen and oxygen atoms in total. The Kier molecular flexibility index (Phi) is 4.19. The Morgan fingerprint density at radius 1 is 0.867 bits per heavy atom. The summed E-state index contributed by atoms with van der Waals surface area (Å²) in [4.78, 5) is 4.82. The third-order valence-corrected chi connectivity index (χ3v) is 9.67. The number of furan rings is 1. The van der Waals surface area contributed by atoms with Crippen LogP contribution in [0.2, 0.25) is 17.3 Å². The van der Waals surface area contributed by atoms with E-state index >= 15 is 0 Å². The number of aromatic nitrogens is 1. The van der Waals surface area contributed by atoms with Crippen LogP contribution in [0.3, 0.4) is 0 Å². The molecule has 148 valence electrons. The molecule has 0 aliphatic carbocycles. The van der Waals surface area contributed by atoms with Crippen molar-refractivity contribution >= 4 is 39.6 Å². The van der Waals surface area contributed by atoms with Crippen molar-refractivity contribution in [2.75, 3.05) is 0 Å². The summed E-state index contributed by atoms with van der Waals surface area (Å²) >= 11 is -2.41. The van der Waals surface area contributed by atoms with Gasteiger partial charge in [-0.2, -0.15) is 0 Å². The molecule has 0 saturated heterocycles. The number of nitrogens with zero attached hydrogens (tertiary/aromatic N) is 1. The van der Waals surface area contributed by atoms with Crippen LogP contribution in [0.15, 0.2) is 89.5 Å². The van der Waals surface area contributed by atoms with Crippen LogP contribution in [0.5, 0.6) is 0 Å². The van der Waals surface area contributed by atoms with Crippen LogP contribution >= 0.6 is 0 Å². The molecule has 0 fully saturated rings. The van der Waals surface area contributed by atoms with Crippen molar-refractivity contribution in [1.82, 2.24) is 4.98 Å². The zero-order valence-electron chi connectivity index (χ0n) is 19.4. The van der Waals surface area contributed by atoms with Crippen molar-refractivity contribution in [2.24, 2.45) is 0 Å². The summed E-state index contributed by atoms with van der Waals surface area (Å²) in [6.07, 6.45) is 0.293. The van der Waals surface area contributed by atoms with Crippen LogP contribution in [-0.4, -0.2) is 18.3 Å². The van der Waals surface area contributed by atoms with Crippen LogP contribution in [0.4, 0.5) is 0 Å². The van der Waals surface area contributed by atoms with Crippen molar-refractivity contribution in [3.8, 4) is 11.3 Å². The fourth-order valence-electron chi connectivity index (χ4n) is 3.93. The first kappa shape index (κ1) is 16.9. The molecule has 0 saturated carbocycles. The average molecular weight is 454 g/mol. The van der Waals surface area contributed by atoms with Gasteiger partial charge in [-0.25, -0.2) is 0 Å². The van der Waals surface area contributed by atoms with Crippen LogP contribution in [0.25, 0.3) is 33.2 Å². The topological polar surface area (TPSA) is 26.0 Å². The van der Waals surface area contributed by atoms with Gasteiger partial charge in [0.1, 0.15) is 0 Å². The quantitative estimate of drug-likeness (QED) is 0.280. The van der Waals surface area contributed by atoms with Gasteiger partial charge < -0.3 is 0 Å². The molecule has 2 aromatic heterocycles. The van der Waals surface area contributed by atoms with E-state index in [9.17, 15) is 0 Å². The fourth-order valence-corrected chi connectivity index (χ4v) is 6.86. The Morgan fingerprint density at radius 3 is 2.40 bits per heavy atom. The van der Waals surface area contributed by atoms with E-state index in [-0.39, 0.29) is 0 Å². The predicted molar refractivity (Wildman–Crippen MR) is 129 cm³/mol. The third kappa shape index (κ3) is 3.46. The second-order valence-corrected chi connectivity index (χ2v) is 19.2. The molecule has 5 rings (SSSR count). The number of benzene rings is 3. The van der Waals surface area contributed by atoms with E-state index in [0.717, 1.165) is 37.6 Å². The van der Waals surface area contributed by atoms with Crippen LogP contribution < -0.4 is 4.40 Å². The second kappa shape index (κ2) is 7.44. The summed E-state index contributed by atoms with van der Waals surface area (Å²) in [5.74, 6) is 6.84. The van der Waals surface area contributed by atoms with E-state index in [1.165, 1.54) is 0 Å². The number of para-hydroxylation sites is 2. The molecular formula is C27H25GeNO. The van der Waals surface area contributed by atoms with Crippen LogP contribution in [-0.2, 0) is 6.37 Å². The number of pyridine rings is 1. The molecule has 3 aromatic carbocycles. The number of hydrogen-bond donors (Lipinski definition) is 0. The molecule has 0 bridgehead atoms. The predicted octanol–water partition coefficient (Wildman–Crippen LogP) is 6.78. The number of hydrogen-bond acceptors (Lipinski definition) is 2. The van der Waals surface area contributed by atoms with Gasteiger partial charge in [0.25, 0.3) is 0 Å². The Balaban J connectivity index is 1.76. The number of rotatable bonds is 4. The maximum absolute atomic E-state index is 9.08. The van der Waals surface area contributed by atoms with Crippen molar-refractivity contribution in [1.29, 1.82) is 0 Å². The van der Waals surface area contributed by atoms with Gasteiger partial charge in [-0.05, 0) is 0 Å². The summed E-state index contributed by atoms with van der Waals surface area (Å²) in [5, 5.41) is 2.12. The molecule has 0 unspecified atom stereocenters. The zero-order valence-corrected chi connectivity index (χ0v) is 19.5.